The van der Waals surface area contributed by atoms with E-state index in [1.807, 2.05) is 18.2 Å². The second kappa shape index (κ2) is 4.44. The summed E-state index contributed by atoms with van der Waals surface area (Å²) < 4.78 is 0. The van der Waals surface area contributed by atoms with Crippen molar-refractivity contribution in [3.05, 3.63) is 24.3 Å². The summed E-state index contributed by atoms with van der Waals surface area (Å²) in [6.07, 6.45) is 2.48. The molecule has 2 aromatic rings. The Labute approximate surface area is 107 Å². The number of para-hydroxylation sites is 1. The van der Waals surface area contributed by atoms with Crippen molar-refractivity contribution in [3.63, 3.8) is 0 Å². The van der Waals surface area contributed by atoms with E-state index >= 15 is 0 Å². The maximum Gasteiger partial charge on any atom is 0.225 e. The fraction of sp³-hybridized carbons (Fsp3) is 0.429. The first-order chi connectivity index (χ1) is 8.72. The lowest BCUT2D eigenvalue weighted by Gasteiger charge is -2.12. The quantitative estimate of drug-likeness (QED) is 0.865. The summed E-state index contributed by atoms with van der Waals surface area (Å²) in [7, 11) is 0. The van der Waals surface area contributed by atoms with Crippen molar-refractivity contribution in [3.8, 4) is 0 Å². The van der Waals surface area contributed by atoms with Crippen molar-refractivity contribution in [1.82, 2.24) is 9.97 Å². The molecule has 1 aromatic heterocycles. The second-order valence-corrected chi connectivity index (χ2v) is 5.13. The molecule has 1 aromatic carbocycles. The SMILES string of the molecule is CC(C)Nc1nc(NC2CC2)c2ccccc2n1. The summed E-state index contributed by atoms with van der Waals surface area (Å²) in [5, 5.41) is 7.85. The van der Waals surface area contributed by atoms with E-state index in [-0.39, 0.29) is 0 Å². The molecule has 4 nitrogen and oxygen atoms in total. The molecule has 3 rings (SSSR count). The average molecular weight is 242 g/mol. The summed E-state index contributed by atoms with van der Waals surface area (Å²) in [6, 6.07) is 9.06. The lowest BCUT2D eigenvalue weighted by atomic mass is 10.2. The van der Waals surface area contributed by atoms with E-state index in [0.29, 0.717) is 18.0 Å². The Bertz CT molecular complexity index is 561. The Kier molecular flexibility index (Phi) is 2.78. The van der Waals surface area contributed by atoms with Gasteiger partial charge in [-0.1, -0.05) is 12.1 Å². The fourth-order valence-electron chi connectivity index (χ4n) is 1.93. The van der Waals surface area contributed by atoms with Crippen LogP contribution in [0.3, 0.4) is 0 Å². The van der Waals surface area contributed by atoms with E-state index in [9.17, 15) is 0 Å². The monoisotopic (exact) mass is 242 g/mol. The molecule has 1 saturated carbocycles. The zero-order valence-corrected chi connectivity index (χ0v) is 10.8. The van der Waals surface area contributed by atoms with Crippen LogP contribution in [-0.2, 0) is 0 Å². The molecule has 0 radical (unpaired) electrons. The topological polar surface area (TPSA) is 49.8 Å². The molecule has 0 aliphatic heterocycles. The first-order valence-corrected chi connectivity index (χ1v) is 6.52. The molecule has 1 fully saturated rings. The summed E-state index contributed by atoms with van der Waals surface area (Å²) in [4.78, 5) is 9.13. The van der Waals surface area contributed by atoms with Crippen molar-refractivity contribution in [2.75, 3.05) is 10.6 Å². The number of anilines is 2. The fourth-order valence-corrected chi connectivity index (χ4v) is 1.93. The number of hydrogen-bond acceptors (Lipinski definition) is 4. The van der Waals surface area contributed by atoms with Crippen molar-refractivity contribution < 1.29 is 0 Å². The van der Waals surface area contributed by atoms with Crippen LogP contribution in [0.5, 0.6) is 0 Å². The molecule has 1 aliphatic carbocycles. The van der Waals surface area contributed by atoms with Crippen molar-refractivity contribution in [2.45, 2.75) is 38.8 Å². The van der Waals surface area contributed by atoms with Gasteiger partial charge < -0.3 is 10.6 Å². The van der Waals surface area contributed by atoms with E-state index in [1.165, 1.54) is 12.8 Å². The molecule has 0 amide bonds. The highest BCUT2D eigenvalue weighted by atomic mass is 15.2. The van der Waals surface area contributed by atoms with E-state index in [0.717, 1.165) is 16.7 Å². The van der Waals surface area contributed by atoms with Gasteiger partial charge in [-0.05, 0) is 38.8 Å². The third-order valence-corrected chi connectivity index (χ3v) is 2.94. The van der Waals surface area contributed by atoms with E-state index < -0.39 is 0 Å². The van der Waals surface area contributed by atoms with Crippen LogP contribution >= 0.6 is 0 Å². The minimum Gasteiger partial charge on any atom is -0.367 e. The van der Waals surface area contributed by atoms with Crippen molar-refractivity contribution >= 4 is 22.7 Å². The van der Waals surface area contributed by atoms with E-state index in [2.05, 4.69) is 40.5 Å². The predicted molar refractivity (Wildman–Crippen MR) is 74.9 cm³/mol. The van der Waals surface area contributed by atoms with Crippen LogP contribution in [0.25, 0.3) is 10.9 Å². The highest BCUT2D eigenvalue weighted by Crippen LogP contribution is 2.28. The van der Waals surface area contributed by atoms with Crippen LogP contribution in [0.4, 0.5) is 11.8 Å². The van der Waals surface area contributed by atoms with Gasteiger partial charge in [0.25, 0.3) is 0 Å². The van der Waals surface area contributed by atoms with Crippen molar-refractivity contribution in [1.29, 1.82) is 0 Å². The molecule has 0 unspecified atom stereocenters. The molecule has 1 heterocycles. The normalized spacial score (nSPS) is 15.1. The third-order valence-electron chi connectivity index (χ3n) is 2.94. The van der Waals surface area contributed by atoms with Gasteiger partial charge in [0.2, 0.25) is 5.95 Å². The summed E-state index contributed by atoms with van der Waals surface area (Å²) >= 11 is 0. The van der Waals surface area contributed by atoms with Crippen LogP contribution < -0.4 is 10.6 Å². The van der Waals surface area contributed by atoms with Gasteiger partial charge in [0.05, 0.1) is 5.52 Å². The minimum atomic E-state index is 0.333. The molecule has 2 N–H and O–H groups in total. The van der Waals surface area contributed by atoms with Gasteiger partial charge in [-0.3, -0.25) is 0 Å². The molecule has 94 valence electrons. The number of benzene rings is 1. The first kappa shape index (κ1) is 11.3. The number of nitrogens with zero attached hydrogens (tertiary/aromatic N) is 2. The van der Waals surface area contributed by atoms with Crippen LogP contribution in [0, 0.1) is 0 Å². The average Bonchev–Trinajstić information content (AvgIpc) is 3.12. The summed E-state index contributed by atoms with van der Waals surface area (Å²) in [5.41, 5.74) is 0.985. The Hall–Kier alpha value is -1.84. The minimum absolute atomic E-state index is 0.333. The number of aromatic nitrogens is 2. The Morgan fingerprint density at radius 2 is 1.94 bits per heavy atom. The Morgan fingerprint density at radius 1 is 1.17 bits per heavy atom. The first-order valence-electron chi connectivity index (χ1n) is 6.52. The number of nitrogens with one attached hydrogen (secondary N) is 2. The molecule has 4 heteroatoms. The maximum atomic E-state index is 4.59. The lowest BCUT2D eigenvalue weighted by Crippen LogP contribution is -2.14. The van der Waals surface area contributed by atoms with Crippen LogP contribution in [0.2, 0.25) is 0 Å². The molecule has 18 heavy (non-hydrogen) atoms. The largest absolute Gasteiger partial charge is 0.367 e. The van der Waals surface area contributed by atoms with Crippen LogP contribution in [0.1, 0.15) is 26.7 Å². The van der Waals surface area contributed by atoms with Gasteiger partial charge >= 0.3 is 0 Å². The zero-order valence-electron chi connectivity index (χ0n) is 10.8. The Balaban J connectivity index is 2.04. The predicted octanol–water partition coefficient (Wildman–Crippen LogP) is 3.02. The van der Waals surface area contributed by atoms with Gasteiger partial charge in [-0.25, -0.2) is 4.98 Å². The van der Waals surface area contributed by atoms with E-state index in [4.69, 9.17) is 0 Å². The molecule has 0 spiro atoms. The number of rotatable bonds is 4. The Morgan fingerprint density at radius 3 is 2.67 bits per heavy atom. The van der Waals surface area contributed by atoms with E-state index in [1.54, 1.807) is 0 Å². The van der Waals surface area contributed by atoms with Gasteiger partial charge in [-0.2, -0.15) is 4.98 Å². The summed E-state index contributed by atoms with van der Waals surface area (Å²) in [6.45, 7) is 4.18. The molecule has 1 aliphatic rings. The zero-order chi connectivity index (χ0) is 12.5. The molecular formula is C14H18N4. The van der Waals surface area contributed by atoms with Crippen molar-refractivity contribution in [2.24, 2.45) is 0 Å². The van der Waals surface area contributed by atoms with Gasteiger partial charge in [0.1, 0.15) is 5.82 Å². The van der Waals surface area contributed by atoms with Gasteiger partial charge in [0.15, 0.2) is 0 Å². The highest BCUT2D eigenvalue weighted by Gasteiger charge is 2.22. The van der Waals surface area contributed by atoms with Crippen LogP contribution in [-0.4, -0.2) is 22.1 Å². The summed E-state index contributed by atoms with van der Waals surface area (Å²) in [5.74, 6) is 1.65. The molecule has 0 bridgehead atoms. The molecular weight excluding hydrogens is 224 g/mol. The highest BCUT2D eigenvalue weighted by molar-refractivity contribution is 5.90. The molecule has 0 atom stereocenters. The smallest absolute Gasteiger partial charge is 0.225 e. The van der Waals surface area contributed by atoms with Crippen LogP contribution in [0.15, 0.2) is 24.3 Å². The van der Waals surface area contributed by atoms with Gasteiger partial charge in [-0.15, -0.1) is 0 Å². The second-order valence-electron chi connectivity index (χ2n) is 5.13. The maximum absolute atomic E-state index is 4.59. The van der Waals surface area contributed by atoms with Gasteiger partial charge in [0, 0.05) is 17.5 Å². The third kappa shape index (κ3) is 2.37. The number of fused-ring (bicyclic) bond motifs is 1. The standard InChI is InChI=1S/C14H18N4/c1-9(2)15-14-17-12-6-4-3-5-11(12)13(18-14)16-10-7-8-10/h3-6,9-10H,7-8H2,1-2H3,(H2,15,16,17,18). The number of hydrogen-bond donors (Lipinski definition) is 2. The molecule has 0 saturated heterocycles. The lowest BCUT2D eigenvalue weighted by molar-refractivity contribution is 0.877.